The molecule has 86 valence electrons. The van der Waals surface area contributed by atoms with Crippen molar-refractivity contribution in [2.45, 2.75) is 32.8 Å². The second-order valence-electron chi connectivity index (χ2n) is 3.99. The highest BCUT2D eigenvalue weighted by molar-refractivity contribution is 5.26. The van der Waals surface area contributed by atoms with Gasteiger partial charge in [0.1, 0.15) is 5.69 Å². The number of methoxy groups -OCH3 is 1. The van der Waals surface area contributed by atoms with Crippen LogP contribution >= 0.6 is 0 Å². The molecule has 0 aliphatic carbocycles. The molecule has 4 nitrogen and oxygen atoms in total. The van der Waals surface area contributed by atoms with Crippen LogP contribution in [0, 0.1) is 5.92 Å². The zero-order valence-electron chi connectivity index (χ0n) is 9.90. The Morgan fingerprint density at radius 2 is 2.27 bits per heavy atom. The summed E-state index contributed by atoms with van der Waals surface area (Å²) in [6, 6.07) is 0. The molecule has 0 fully saturated rings. The van der Waals surface area contributed by atoms with Crippen LogP contribution in [0.3, 0.4) is 0 Å². The second-order valence-corrected chi connectivity index (χ2v) is 3.99. The van der Waals surface area contributed by atoms with Crippen LogP contribution in [0.2, 0.25) is 0 Å². The predicted molar refractivity (Wildman–Crippen MR) is 58.8 cm³/mol. The number of aromatic nitrogens is 2. The molecule has 0 saturated carbocycles. The van der Waals surface area contributed by atoms with Crippen molar-refractivity contribution in [2.24, 2.45) is 13.0 Å². The average molecular weight is 212 g/mol. The summed E-state index contributed by atoms with van der Waals surface area (Å²) in [6.45, 7) is 4.25. The lowest BCUT2D eigenvalue weighted by atomic mass is 9.99. The Morgan fingerprint density at radius 1 is 1.60 bits per heavy atom. The van der Waals surface area contributed by atoms with E-state index in [-0.39, 0.29) is 0 Å². The van der Waals surface area contributed by atoms with Gasteiger partial charge in [-0.05, 0) is 12.3 Å². The van der Waals surface area contributed by atoms with Crippen molar-refractivity contribution in [3.63, 3.8) is 0 Å². The summed E-state index contributed by atoms with van der Waals surface area (Å²) in [6.07, 6.45) is 2.95. The van der Waals surface area contributed by atoms with Gasteiger partial charge >= 0.3 is 0 Å². The highest BCUT2D eigenvalue weighted by Gasteiger charge is 2.19. The summed E-state index contributed by atoms with van der Waals surface area (Å²) in [5.41, 5.74) is 0.762. The first-order valence-electron chi connectivity index (χ1n) is 5.34. The Labute approximate surface area is 90.9 Å². The van der Waals surface area contributed by atoms with Gasteiger partial charge in [0.05, 0.1) is 19.4 Å². The van der Waals surface area contributed by atoms with Gasteiger partial charge in [0, 0.05) is 7.05 Å². The monoisotopic (exact) mass is 212 g/mol. The first-order chi connectivity index (χ1) is 7.10. The minimum atomic E-state index is -0.498. The molecule has 0 aliphatic heterocycles. The normalized spacial score (nSPS) is 15.0. The Bertz CT molecular complexity index is 310. The van der Waals surface area contributed by atoms with E-state index in [4.69, 9.17) is 4.74 Å². The third-order valence-electron chi connectivity index (χ3n) is 2.81. The smallest absolute Gasteiger partial charge is 0.162 e. The van der Waals surface area contributed by atoms with Crippen molar-refractivity contribution in [3.8, 4) is 5.75 Å². The maximum atomic E-state index is 10.1. The van der Waals surface area contributed by atoms with Crippen molar-refractivity contribution in [1.29, 1.82) is 0 Å². The zero-order valence-corrected chi connectivity index (χ0v) is 9.90. The average Bonchev–Trinajstić information content (AvgIpc) is 2.59. The fourth-order valence-corrected chi connectivity index (χ4v) is 1.62. The molecule has 1 heterocycles. The quantitative estimate of drug-likeness (QED) is 0.811. The van der Waals surface area contributed by atoms with Crippen molar-refractivity contribution in [3.05, 3.63) is 11.9 Å². The summed E-state index contributed by atoms with van der Waals surface area (Å²) < 4.78 is 6.83. The van der Waals surface area contributed by atoms with E-state index in [1.54, 1.807) is 18.0 Å². The number of aliphatic hydroxyl groups excluding tert-OH is 1. The molecular weight excluding hydrogens is 192 g/mol. The molecule has 4 heteroatoms. The van der Waals surface area contributed by atoms with E-state index in [0.29, 0.717) is 11.7 Å². The van der Waals surface area contributed by atoms with Gasteiger partial charge in [0.2, 0.25) is 0 Å². The number of hydrogen-bond donors (Lipinski definition) is 1. The van der Waals surface area contributed by atoms with Crippen molar-refractivity contribution in [1.82, 2.24) is 9.78 Å². The van der Waals surface area contributed by atoms with Crippen LogP contribution in [-0.2, 0) is 7.05 Å². The third kappa shape index (κ3) is 2.72. The molecule has 1 N–H and O–H groups in total. The van der Waals surface area contributed by atoms with Crippen molar-refractivity contribution < 1.29 is 9.84 Å². The summed E-state index contributed by atoms with van der Waals surface area (Å²) >= 11 is 0. The standard InChI is InChI=1S/C11H20N2O2/c1-5-8(2)6-9(14)11-10(15-4)7-12-13(11)3/h7-9,14H,5-6H2,1-4H3. The number of ether oxygens (including phenoxy) is 1. The van der Waals surface area contributed by atoms with Gasteiger partial charge in [-0.3, -0.25) is 4.68 Å². The molecule has 0 amide bonds. The van der Waals surface area contributed by atoms with E-state index in [9.17, 15) is 5.11 Å². The van der Waals surface area contributed by atoms with Crippen LogP contribution in [-0.4, -0.2) is 22.0 Å². The molecule has 0 radical (unpaired) electrons. The van der Waals surface area contributed by atoms with Crippen LogP contribution in [0.5, 0.6) is 5.75 Å². The molecule has 0 aliphatic rings. The highest BCUT2D eigenvalue weighted by atomic mass is 16.5. The number of aliphatic hydroxyl groups is 1. The maximum Gasteiger partial charge on any atom is 0.162 e. The lowest BCUT2D eigenvalue weighted by Crippen LogP contribution is -2.10. The molecule has 1 aromatic rings. The number of aryl methyl sites for hydroxylation is 1. The van der Waals surface area contributed by atoms with Crippen LogP contribution in [0.4, 0.5) is 0 Å². The Balaban J connectivity index is 2.80. The molecule has 0 spiro atoms. The number of rotatable bonds is 5. The summed E-state index contributed by atoms with van der Waals surface area (Å²) in [7, 11) is 3.41. The fourth-order valence-electron chi connectivity index (χ4n) is 1.62. The molecule has 2 atom stereocenters. The Morgan fingerprint density at radius 3 is 2.80 bits per heavy atom. The summed E-state index contributed by atoms with van der Waals surface area (Å²) in [4.78, 5) is 0. The fraction of sp³-hybridized carbons (Fsp3) is 0.727. The maximum absolute atomic E-state index is 10.1. The first-order valence-corrected chi connectivity index (χ1v) is 5.34. The van der Waals surface area contributed by atoms with E-state index in [1.165, 1.54) is 0 Å². The van der Waals surface area contributed by atoms with E-state index in [1.807, 2.05) is 7.05 Å². The largest absolute Gasteiger partial charge is 0.493 e. The van der Waals surface area contributed by atoms with Gasteiger partial charge in [0.15, 0.2) is 5.75 Å². The first kappa shape index (κ1) is 12.0. The van der Waals surface area contributed by atoms with Crippen LogP contribution < -0.4 is 4.74 Å². The van der Waals surface area contributed by atoms with Gasteiger partial charge < -0.3 is 9.84 Å². The minimum absolute atomic E-state index is 0.498. The molecule has 0 bridgehead atoms. The molecule has 0 aromatic carbocycles. The molecule has 1 rings (SSSR count). The SMILES string of the molecule is CCC(C)CC(O)c1c(OC)cnn1C. The van der Waals surface area contributed by atoms with E-state index < -0.39 is 6.10 Å². The summed E-state index contributed by atoms with van der Waals surface area (Å²) in [5.74, 6) is 1.16. The van der Waals surface area contributed by atoms with Gasteiger partial charge in [-0.15, -0.1) is 0 Å². The van der Waals surface area contributed by atoms with Gasteiger partial charge in [-0.2, -0.15) is 5.10 Å². The molecular formula is C11H20N2O2. The second kappa shape index (κ2) is 5.16. The van der Waals surface area contributed by atoms with Crippen molar-refractivity contribution >= 4 is 0 Å². The number of hydrogen-bond acceptors (Lipinski definition) is 3. The van der Waals surface area contributed by atoms with Gasteiger partial charge in [0.25, 0.3) is 0 Å². The van der Waals surface area contributed by atoms with Gasteiger partial charge in [-0.1, -0.05) is 20.3 Å². The molecule has 1 aromatic heterocycles. The summed E-state index contributed by atoms with van der Waals surface area (Å²) in [5, 5.41) is 14.1. The molecule has 15 heavy (non-hydrogen) atoms. The van der Waals surface area contributed by atoms with E-state index in [2.05, 4.69) is 18.9 Å². The van der Waals surface area contributed by atoms with Gasteiger partial charge in [-0.25, -0.2) is 0 Å². The predicted octanol–water partition coefficient (Wildman–Crippen LogP) is 1.90. The van der Waals surface area contributed by atoms with Crippen molar-refractivity contribution in [2.75, 3.05) is 7.11 Å². The van der Waals surface area contributed by atoms with E-state index in [0.717, 1.165) is 18.5 Å². The minimum Gasteiger partial charge on any atom is -0.493 e. The molecule has 2 unspecified atom stereocenters. The molecule has 0 saturated heterocycles. The topological polar surface area (TPSA) is 47.3 Å². The third-order valence-corrected chi connectivity index (χ3v) is 2.81. The van der Waals surface area contributed by atoms with E-state index >= 15 is 0 Å². The van der Waals surface area contributed by atoms with Crippen LogP contribution in [0.25, 0.3) is 0 Å². The lowest BCUT2D eigenvalue weighted by Gasteiger charge is -2.16. The lowest BCUT2D eigenvalue weighted by molar-refractivity contribution is 0.134. The Hall–Kier alpha value is -1.03. The number of nitrogens with zero attached hydrogens (tertiary/aromatic N) is 2. The zero-order chi connectivity index (χ0) is 11.4. The highest BCUT2D eigenvalue weighted by Crippen LogP contribution is 2.29. The Kier molecular flexibility index (Phi) is 4.15. The van der Waals surface area contributed by atoms with Crippen LogP contribution in [0.15, 0.2) is 6.20 Å². The van der Waals surface area contributed by atoms with Crippen LogP contribution in [0.1, 0.15) is 38.5 Å².